The molecule has 3 aromatic rings. The molecule has 7 nitrogen and oxygen atoms in total. The van der Waals surface area contributed by atoms with Gasteiger partial charge in [-0.05, 0) is 43.4 Å². The lowest BCUT2D eigenvalue weighted by atomic mass is 10.2. The number of carbonyl (C=O) groups excluding carboxylic acids is 1. The Hall–Kier alpha value is -2.42. The average Bonchev–Trinajstić information content (AvgIpc) is 3.02. The molecule has 124 valence electrons. The first-order valence-electron chi connectivity index (χ1n) is 6.88. The van der Waals surface area contributed by atoms with Gasteiger partial charge < -0.3 is 5.32 Å². The Kier molecular flexibility index (Phi) is 4.27. The lowest BCUT2D eigenvalue weighted by Gasteiger charge is -2.09. The summed E-state index contributed by atoms with van der Waals surface area (Å²) in [6, 6.07) is 9.18. The highest BCUT2D eigenvalue weighted by Gasteiger charge is 2.17. The summed E-state index contributed by atoms with van der Waals surface area (Å²) < 4.78 is 25.9. The van der Waals surface area contributed by atoms with Crippen LogP contribution in [0.2, 0.25) is 5.02 Å². The normalized spacial score (nSPS) is 11.6. The molecule has 2 aromatic carbocycles. The average molecular weight is 365 g/mol. The Labute approximate surface area is 143 Å². The number of carbonyl (C=O) groups is 1. The SMILES string of the molecule is CNS(=O)(=O)c1ccc(Cl)c(C(=O)Nc2ccc3[nH]ncc3c2)c1. The zero-order chi connectivity index (χ0) is 17.3. The maximum Gasteiger partial charge on any atom is 0.257 e. The number of hydrogen-bond donors (Lipinski definition) is 3. The highest BCUT2D eigenvalue weighted by molar-refractivity contribution is 7.89. The number of rotatable bonds is 4. The third-order valence-corrected chi connectivity index (χ3v) is 5.20. The predicted octanol–water partition coefficient (Wildman–Crippen LogP) is 2.38. The fourth-order valence-electron chi connectivity index (χ4n) is 2.18. The van der Waals surface area contributed by atoms with Gasteiger partial charge in [0.15, 0.2) is 0 Å². The summed E-state index contributed by atoms with van der Waals surface area (Å²) in [4.78, 5) is 12.4. The topological polar surface area (TPSA) is 104 Å². The van der Waals surface area contributed by atoms with Crippen LogP contribution < -0.4 is 10.0 Å². The van der Waals surface area contributed by atoms with Crippen LogP contribution in [-0.4, -0.2) is 31.6 Å². The first kappa shape index (κ1) is 16.4. The Morgan fingerprint density at radius 2 is 2.00 bits per heavy atom. The zero-order valence-electron chi connectivity index (χ0n) is 12.5. The van der Waals surface area contributed by atoms with E-state index in [2.05, 4.69) is 20.2 Å². The molecule has 1 aromatic heterocycles. The first-order valence-corrected chi connectivity index (χ1v) is 8.74. The maximum absolute atomic E-state index is 12.4. The van der Waals surface area contributed by atoms with E-state index in [1.807, 2.05) is 0 Å². The van der Waals surface area contributed by atoms with Crippen molar-refractivity contribution in [3.05, 3.63) is 53.2 Å². The van der Waals surface area contributed by atoms with Gasteiger partial charge in [-0.1, -0.05) is 11.6 Å². The van der Waals surface area contributed by atoms with E-state index in [-0.39, 0.29) is 15.5 Å². The molecule has 0 saturated carbocycles. The van der Waals surface area contributed by atoms with E-state index < -0.39 is 15.9 Å². The van der Waals surface area contributed by atoms with Crippen LogP contribution in [0.1, 0.15) is 10.4 Å². The lowest BCUT2D eigenvalue weighted by molar-refractivity contribution is 0.102. The minimum absolute atomic E-state index is 0.0372. The summed E-state index contributed by atoms with van der Waals surface area (Å²) >= 11 is 6.04. The number of hydrogen-bond acceptors (Lipinski definition) is 4. The fourth-order valence-corrected chi connectivity index (χ4v) is 3.14. The molecule has 24 heavy (non-hydrogen) atoms. The number of H-pyrrole nitrogens is 1. The number of amides is 1. The van der Waals surface area contributed by atoms with Gasteiger partial charge in [0.25, 0.3) is 5.91 Å². The Bertz CT molecular complexity index is 1030. The van der Waals surface area contributed by atoms with Crippen molar-refractivity contribution in [3.8, 4) is 0 Å². The van der Waals surface area contributed by atoms with Crippen LogP contribution in [0.5, 0.6) is 0 Å². The number of halogens is 1. The van der Waals surface area contributed by atoms with Crippen molar-refractivity contribution in [2.24, 2.45) is 0 Å². The molecule has 1 heterocycles. The number of nitrogens with zero attached hydrogens (tertiary/aromatic N) is 1. The molecule has 1 amide bonds. The van der Waals surface area contributed by atoms with Gasteiger partial charge >= 0.3 is 0 Å². The first-order chi connectivity index (χ1) is 11.4. The second kappa shape index (κ2) is 6.23. The highest BCUT2D eigenvalue weighted by Crippen LogP contribution is 2.23. The molecule has 3 N–H and O–H groups in total. The Morgan fingerprint density at radius 1 is 1.21 bits per heavy atom. The second-order valence-electron chi connectivity index (χ2n) is 4.98. The van der Waals surface area contributed by atoms with Gasteiger partial charge in [0, 0.05) is 11.1 Å². The maximum atomic E-state index is 12.4. The predicted molar refractivity (Wildman–Crippen MR) is 91.7 cm³/mol. The van der Waals surface area contributed by atoms with Gasteiger partial charge in [0.2, 0.25) is 10.0 Å². The number of aromatic nitrogens is 2. The monoisotopic (exact) mass is 364 g/mol. The molecule has 0 aliphatic heterocycles. The molecule has 0 saturated heterocycles. The number of aromatic amines is 1. The van der Waals surface area contributed by atoms with Crippen molar-refractivity contribution in [2.75, 3.05) is 12.4 Å². The minimum atomic E-state index is -3.67. The van der Waals surface area contributed by atoms with Crippen molar-refractivity contribution >= 4 is 44.1 Å². The van der Waals surface area contributed by atoms with Gasteiger partial charge in [0.1, 0.15) is 0 Å². The van der Waals surface area contributed by atoms with E-state index in [1.165, 1.54) is 25.2 Å². The third-order valence-electron chi connectivity index (χ3n) is 3.46. The molecule has 0 spiro atoms. The van der Waals surface area contributed by atoms with Crippen molar-refractivity contribution < 1.29 is 13.2 Å². The van der Waals surface area contributed by atoms with Gasteiger partial charge in [-0.3, -0.25) is 9.89 Å². The van der Waals surface area contributed by atoms with Crippen LogP contribution in [0.15, 0.2) is 47.5 Å². The summed E-state index contributed by atoms with van der Waals surface area (Å²) in [7, 11) is -2.37. The number of anilines is 1. The summed E-state index contributed by atoms with van der Waals surface area (Å²) in [5, 5.41) is 10.4. The minimum Gasteiger partial charge on any atom is -0.322 e. The molecule has 0 aliphatic rings. The van der Waals surface area contributed by atoms with Crippen molar-refractivity contribution in [1.29, 1.82) is 0 Å². The number of sulfonamides is 1. The molecular weight excluding hydrogens is 352 g/mol. The van der Waals surface area contributed by atoms with Gasteiger partial charge in [0.05, 0.1) is 27.2 Å². The summed E-state index contributed by atoms with van der Waals surface area (Å²) in [6.45, 7) is 0. The van der Waals surface area contributed by atoms with Crippen molar-refractivity contribution in [3.63, 3.8) is 0 Å². The smallest absolute Gasteiger partial charge is 0.257 e. The Morgan fingerprint density at radius 3 is 2.75 bits per heavy atom. The van der Waals surface area contributed by atoms with Crippen LogP contribution in [0.25, 0.3) is 10.9 Å². The van der Waals surface area contributed by atoms with Crippen LogP contribution >= 0.6 is 11.6 Å². The molecular formula is C15H13ClN4O3S. The van der Waals surface area contributed by atoms with Crippen molar-refractivity contribution in [2.45, 2.75) is 4.90 Å². The van der Waals surface area contributed by atoms with Gasteiger partial charge in [-0.2, -0.15) is 5.10 Å². The second-order valence-corrected chi connectivity index (χ2v) is 7.27. The van der Waals surface area contributed by atoms with Gasteiger partial charge in [-0.25, -0.2) is 13.1 Å². The zero-order valence-corrected chi connectivity index (χ0v) is 14.1. The molecule has 0 unspecified atom stereocenters. The van der Waals surface area contributed by atoms with Crippen LogP contribution in [0.4, 0.5) is 5.69 Å². The quantitative estimate of drug-likeness (QED) is 0.661. The van der Waals surface area contributed by atoms with Crippen molar-refractivity contribution in [1.82, 2.24) is 14.9 Å². The van der Waals surface area contributed by atoms with E-state index in [4.69, 9.17) is 11.6 Å². The third kappa shape index (κ3) is 3.12. The van der Waals surface area contributed by atoms with E-state index in [9.17, 15) is 13.2 Å². The molecule has 3 rings (SSSR count). The molecule has 0 bridgehead atoms. The van der Waals surface area contributed by atoms with E-state index >= 15 is 0 Å². The van der Waals surface area contributed by atoms with E-state index in [1.54, 1.807) is 24.4 Å². The summed E-state index contributed by atoms with van der Waals surface area (Å²) in [5.41, 5.74) is 1.46. The lowest BCUT2D eigenvalue weighted by Crippen LogP contribution is -2.20. The molecule has 0 fully saturated rings. The van der Waals surface area contributed by atoms with Crippen LogP contribution in [-0.2, 0) is 10.0 Å². The summed E-state index contributed by atoms with van der Waals surface area (Å²) in [5.74, 6) is -0.504. The summed E-state index contributed by atoms with van der Waals surface area (Å²) in [6.07, 6.45) is 1.64. The van der Waals surface area contributed by atoms with Crippen LogP contribution in [0, 0.1) is 0 Å². The fraction of sp³-hybridized carbons (Fsp3) is 0.0667. The number of fused-ring (bicyclic) bond motifs is 1. The largest absolute Gasteiger partial charge is 0.322 e. The standard InChI is InChI=1S/C15H13ClN4O3S/c1-17-24(22,23)11-3-4-13(16)12(7-11)15(21)19-10-2-5-14-9(6-10)8-18-20-14/h2-8,17H,1H3,(H,18,20)(H,19,21). The van der Waals surface area contributed by atoms with Gasteiger partial charge in [-0.15, -0.1) is 0 Å². The molecule has 0 radical (unpaired) electrons. The van der Waals surface area contributed by atoms with E-state index in [0.717, 1.165) is 10.9 Å². The van der Waals surface area contributed by atoms with E-state index in [0.29, 0.717) is 5.69 Å². The molecule has 0 atom stereocenters. The van der Waals surface area contributed by atoms with Crippen LogP contribution in [0.3, 0.4) is 0 Å². The number of benzene rings is 2. The Balaban J connectivity index is 1.93. The highest BCUT2D eigenvalue weighted by atomic mass is 35.5. The molecule has 0 aliphatic carbocycles. The molecule has 9 heteroatoms. The number of nitrogens with one attached hydrogen (secondary N) is 3.